The van der Waals surface area contributed by atoms with Crippen molar-refractivity contribution in [2.75, 3.05) is 13.2 Å². The van der Waals surface area contributed by atoms with E-state index in [0.29, 0.717) is 6.42 Å². The zero-order chi connectivity index (χ0) is 18.3. The summed E-state index contributed by atoms with van der Waals surface area (Å²) in [5.41, 5.74) is -2.31. The molecular formula is C14H24F3NO5. The van der Waals surface area contributed by atoms with Crippen LogP contribution < -0.4 is 5.32 Å². The van der Waals surface area contributed by atoms with Crippen LogP contribution in [-0.2, 0) is 14.3 Å². The number of alkyl halides is 3. The largest absolute Gasteiger partial charge is 0.522 e. The molecule has 1 atom stereocenters. The van der Waals surface area contributed by atoms with Gasteiger partial charge in [0.25, 0.3) is 0 Å². The van der Waals surface area contributed by atoms with Crippen molar-refractivity contribution in [1.82, 2.24) is 5.32 Å². The lowest BCUT2D eigenvalue weighted by Crippen LogP contribution is -2.45. The summed E-state index contributed by atoms with van der Waals surface area (Å²) in [5, 5.41) is 11.7. The van der Waals surface area contributed by atoms with Crippen LogP contribution in [0.2, 0.25) is 0 Å². The van der Waals surface area contributed by atoms with Gasteiger partial charge in [-0.05, 0) is 33.6 Å². The van der Waals surface area contributed by atoms with Crippen LogP contribution in [0.25, 0.3) is 0 Å². The van der Waals surface area contributed by atoms with E-state index in [1.807, 2.05) is 0 Å². The van der Waals surface area contributed by atoms with Gasteiger partial charge in [-0.2, -0.15) is 0 Å². The molecule has 2 N–H and O–H groups in total. The fourth-order valence-electron chi connectivity index (χ4n) is 1.99. The van der Waals surface area contributed by atoms with Crippen molar-refractivity contribution in [2.45, 2.75) is 58.9 Å². The summed E-state index contributed by atoms with van der Waals surface area (Å²) in [4.78, 5) is 23.2. The SMILES string of the molecule is CCCC(CCOC(F)(F)F)(CNC(=O)OC(C)(C)C)C(=O)O. The molecule has 23 heavy (non-hydrogen) atoms. The topological polar surface area (TPSA) is 84.9 Å². The van der Waals surface area contributed by atoms with Gasteiger partial charge in [0.05, 0.1) is 12.0 Å². The molecule has 0 saturated heterocycles. The van der Waals surface area contributed by atoms with Crippen molar-refractivity contribution in [1.29, 1.82) is 0 Å². The fraction of sp³-hybridized carbons (Fsp3) is 0.857. The molecule has 1 amide bonds. The van der Waals surface area contributed by atoms with E-state index in [9.17, 15) is 27.9 Å². The van der Waals surface area contributed by atoms with E-state index in [1.165, 1.54) is 0 Å². The van der Waals surface area contributed by atoms with Crippen LogP contribution in [0.4, 0.5) is 18.0 Å². The smallest absolute Gasteiger partial charge is 0.481 e. The number of aliphatic carboxylic acids is 1. The summed E-state index contributed by atoms with van der Waals surface area (Å²) in [6.45, 7) is 5.48. The van der Waals surface area contributed by atoms with Crippen molar-refractivity contribution in [3.05, 3.63) is 0 Å². The summed E-state index contributed by atoms with van der Waals surface area (Å²) >= 11 is 0. The number of amides is 1. The van der Waals surface area contributed by atoms with Gasteiger partial charge >= 0.3 is 18.4 Å². The predicted molar refractivity (Wildman–Crippen MR) is 75.8 cm³/mol. The van der Waals surface area contributed by atoms with Crippen molar-refractivity contribution in [3.63, 3.8) is 0 Å². The molecule has 0 radical (unpaired) electrons. The van der Waals surface area contributed by atoms with Gasteiger partial charge < -0.3 is 15.2 Å². The molecule has 0 aliphatic rings. The standard InChI is InChI=1S/C14H24F3NO5/c1-5-6-13(10(19)20,7-8-22-14(15,16)17)9-18-11(21)23-12(2,3)4/h5-9H2,1-4H3,(H,18,21)(H,19,20). The summed E-state index contributed by atoms with van der Waals surface area (Å²) in [7, 11) is 0. The van der Waals surface area contributed by atoms with Crippen LogP contribution in [0, 0.1) is 5.41 Å². The molecule has 9 heteroatoms. The number of hydrogen-bond acceptors (Lipinski definition) is 4. The quantitative estimate of drug-likeness (QED) is 0.706. The van der Waals surface area contributed by atoms with Crippen LogP contribution in [0.5, 0.6) is 0 Å². The first kappa shape index (κ1) is 21.5. The Morgan fingerprint density at radius 3 is 2.09 bits per heavy atom. The first-order valence-electron chi connectivity index (χ1n) is 7.22. The van der Waals surface area contributed by atoms with Crippen LogP contribution in [0.1, 0.15) is 47.0 Å². The Bertz CT molecular complexity index is 406. The minimum absolute atomic E-state index is 0.0966. The second-order valence-electron chi connectivity index (χ2n) is 6.24. The van der Waals surface area contributed by atoms with Crippen LogP contribution >= 0.6 is 0 Å². The summed E-state index contributed by atoms with van der Waals surface area (Å²) in [5.74, 6) is -1.29. The van der Waals surface area contributed by atoms with E-state index in [-0.39, 0.29) is 19.4 Å². The van der Waals surface area contributed by atoms with E-state index in [2.05, 4.69) is 10.1 Å². The molecule has 0 heterocycles. The number of alkyl carbamates (subject to hydrolysis) is 1. The second kappa shape index (κ2) is 8.37. The number of hydrogen-bond donors (Lipinski definition) is 2. The number of carboxylic acid groups (broad SMARTS) is 1. The van der Waals surface area contributed by atoms with Gasteiger partial charge in [-0.3, -0.25) is 9.53 Å². The molecule has 136 valence electrons. The zero-order valence-corrected chi connectivity index (χ0v) is 13.7. The van der Waals surface area contributed by atoms with Gasteiger partial charge in [0.2, 0.25) is 0 Å². The Morgan fingerprint density at radius 1 is 1.13 bits per heavy atom. The van der Waals surface area contributed by atoms with Crippen molar-refractivity contribution >= 4 is 12.1 Å². The van der Waals surface area contributed by atoms with E-state index >= 15 is 0 Å². The highest BCUT2D eigenvalue weighted by molar-refractivity contribution is 5.76. The Kier molecular flexibility index (Phi) is 7.82. The molecule has 0 aromatic rings. The van der Waals surface area contributed by atoms with E-state index in [0.717, 1.165) is 0 Å². The Labute approximate surface area is 133 Å². The fourth-order valence-corrected chi connectivity index (χ4v) is 1.99. The molecule has 0 aliphatic carbocycles. The number of carbonyl (C=O) groups excluding carboxylic acids is 1. The van der Waals surface area contributed by atoms with E-state index in [4.69, 9.17) is 4.74 Å². The van der Waals surface area contributed by atoms with Crippen LogP contribution in [0.3, 0.4) is 0 Å². The first-order valence-corrected chi connectivity index (χ1v) is 7.22. The average molecular weight is 343 g/mol. The maximum absolute atomic E-state index is 12.1. The van der Waals surface area contributed by atoms with Gasteiger partial charge in [-0.15, -0.1) is 13.2 Å². The minimum Gasteiger partial charge on any atom is -0.481 e. The summed E-state index contributed by atoms with van der Waals surface area (Å²) < 4.78 is 44.8. The molecule has 0 aromatic heterocycles. The van der Waals surface area contributed by atoms with Gasteiger partial charge in [-0.25, -0.2) is 4.79 Å². The van der Waals surface area contributed by atoms with E-state index in [1.54, 1.807) is 27.7 Å². The third kappa shape index (κ3) is 9.27. The normalized spacial score (nSPS) is 14.9. The number of rotatable bonds is 8. The molecular weight excluding hydrogens is 319 g/mol. The monoisotopic (exact) mass is 343 g/mol. The highest BCUT2D eigenvalue weighted by Crippen LogP contribution is 2.30. The number of carboxylic acids is 1. The molecule has 0 aliphatic heterocycles. The lowest BCUT2D eigenvalue weighted by molar-refractivity contribution is -0.326. The molecule has 0 spiro atoms. The van der Waals surface area contributed by atoms with Gasteiger partial charge in [-0.1, -0.05) is 13.3 Å². The minimum atomic E-state index is -4.82. The molecule has 0 aromatic carbocycles. The number of carbonyl (C=O) groups is 2. The Balaban J connectivity index is 4.85. The third-order valence-electron chi connectivity index (χ3n) is 3.00. The molecule has 0 fully saturated rings. The average Bonchev–Trinajstić information content (AvgIpc) is 2.32. The van der Waals surface area contributed by atoms with Gasteiger partial charge in [0.1, 0.15) is 5.60 Å². The first-order chi connectivity index (χ1) is 10.3. The van der Waals surface area contributed by atoms with E-state index < -0.39 is 36.0 Å². The summed E-state index contributed by atoms with van der Waals surface area (Å²) in [6.07, 6.45) is -5.51. The molecule has 0 saturated carbocycles. The highest BCUT2D eigenvalue weighted by Gasteiger charge is 2.40. The third-order valence-corrected chi connectivity index (χ3v) is 3.00. The number of ether oxygens (including phenoxy) is 2. The number of nitrogens with one attached hydrogen (secondary N) is 1. The lowest BCUT2D eigenvalue weighted by atomic mass is 9.80. The van der Waals surface area contributed by atoms with Crippen molar-refractivity contribution in [2.24, 2.45) is 5.41 Å². The van der Waals surface area contributed by atoms with Crippen LogP contribution in [0.15, 0.2) is 0 Å². The van der Waals surface area contributed by atoms with Crippen molar-refractivity contribution < 1.29 is 37.3 Å². The molecule has 6 nitrogen and oxygen atoms in total. The second-order valence-corrected chi connectivity index (χ2v) is 6.24. The zero-order valence-electron chi connectivity index (χ0n) is 13.7. The highest BCUT2D eigenvalue weighted by atomic mass is 19.4. The maximum atomic E-state index is 12.1. The Hall–Kier alpha value is -1.51. The predicted octanol–water partition coefficient (Wildman–Crippen LogP) is 3.31. The number of halogens is 3. The van der Waals surface area contributed by atoms with Crippen LogP contribution in [-0.4, -0.2) is 42.3 Å². The Morgan fingerprint density at radius 2 is 1.70 bits per heavy atom. The molecule has 0 rings (SSSR count). The maximum Gasteiger partial charge on any atom is 0.522 e. The lowest BCUT2D eigenvalue weighted by Gasteiger charge is -2.30. The summed E-state index contributed by atoms with van der Waals surface area (Å²) in [6, 6.07) is 0. The van der Waals surface area contributed by atoms with Gasteiger partial charge in [0, 0.05) is 6.54 Å². The molecule has 0 bridgehead atoms. The van der Waals surface area contributed by atoms with Crippen molar-refractivity contribution in [3.8, 4) is 0 Å². The molecule has 1 unspecified atom stereocenters. The van der Waals surface area contributed by atoms with Gasteiger partial charge in [0.15, 0.2) is 0 Å².